The molecule has 0 bridgehead atoms. The van der Waals surface area contributed by atoms with Crippen LogP contribution in [0.25, 0.3) is 11.0 Å². The molecule has 106 valence electrons. The molecule has 1 amide bonds. The molecule has 0 saturated heterocycles. The number of aliphatic hydroxyl groups is 1. The van der Waals surface area contributed by atoms with E-state index in [1.54, 1.807) is 32.0 Å². The van der Waals surface area contributed by atoms with E-state index in [2.05, 4.69) is 5.32 Å². The van der Waals surface area contributed by atoms with Crippen molar-refractivity contribution < 1.29 is 14.3 Å². The quantitative estimate of drug-likeness (QED) is 0.831. The lowest BCUT2D eigenvalue weighted by Crippen LogP contribution is -2.31. The summed E-state index contributed by atoms with van der Waals surface area (Å²) in [6.45, 7) is 3.67. The third kappa shape index (κ3) is 2.88. The van der Waals surface area contributed by atoms with Gasteiger partial charge in [-0.1, -0.05) is 18.2 Å². The maximum atomic E-state index is 12.1. The Labute approximate surface area is 116 Å². The van der Waals surface area contributed by atoms with Crippen molar-refractivity contribution in [2.24, 2.45) is 0 Å². The number of amides is 1. The number of carbonyl (C=O) groups is 1. The second-order valence-electron chi connectivity index (χ2n) is 4.78. The summed E-state index contributed by atoms with van der Waals surface area (Å²) in [7, 11) is 0. The molecule has 1 aromatic heterocycles. The summed E-state index contributed by atoms with van der Waals surface area (Å²) in [5, 5.41) is 12.5. The number of para-hydroxylation sites is 1. The molecule has 0 aliphatic rings. The molecular weight excluding hydrogens is 258 g/mol. The van der Waals surface area contributed by atoms with Gasteiger partial charge in [-0.05, 0) is 31.9 Å². The van der Waals surface area contributed by atoms with E-state index in [-0.39, 0.29) is 5.56 Å². The fraction of sp³-hybridized carbons (Fsp3) is 0.333. The number of hydrogen-bond donors (Lipinski definition) is 2. The number of carbonyl (C=O) groups excluding carboxylic acids is 1. The summed E-state index contributed by atoms with van der Waals surface area (Å²) in [5.74, 6) is -0.470. The van der Waals surface area contributed by atoms with Crippen molar-refractivity contribution in [3.8, 4) is 0 Å². The molecule has 2 N–H and O–H groups in total. The van der Waals surface area contributed by atoms with E-state index < -0.39 is 17.6 Å². The van der Waals surface area contributed by atoms with E-state index in [1.165, 1.54) is 0 Å². The van der Waals surface area contributed by atoms with Crippen LogP contribution < -0.4 is 10.9 Å². The number of hydrogen-bond acceptors (Lipinski definition) is 4. The number of fused-ring (bicyclic) bond motifs is 1. The minimum absolute atomic E-state index is 0.0225. The third-order valence-electron chi connectivity index (χ3n) is 3.15. The molecule has 0 spiro atoms. The van der Waals surface area contributed by atoms with Gasteiger partial charge in [0.15, 0.2) is 0 Å². The van der Waals surface area contributed by atoms with Gasteiger partial charge >= 0.3 is 5.63 Å². The topological polar surface area (TPSA) is 79.5 Å². The number of nitrogens with one attached hydrogen (secondary N) is 1. The van der Waals surface area contributed by atoms with Gasteiger partial charge in [0.05, 0.1) is 6.10 Å². The van der Waals surface area contributed by atoms with Crippen LogP contribution in [-0.4, -0.2) is 23.7 Å². The number of rotatable bonds is 4. The molecule has 2 aromatic rings. The highest BCUT2D eigenvalue weighted by Crippen LogP contribution is 2.18. The zero-order valence-corrected chi connectivity index (χ0v) is 11.5. The van der Waals surface area contributed by atoms with Crippen molar-refractivity contribution >= 4 is 16.9 Å². The Morgan fingerprint density at radius 3 is 2.80 bits per heavy atom. The lowest BCUT2D eigenvalue weighted by atomic mass is 10.1. The molecule has 1 aromatic carbocycles. The van der Waals surface area contributed by atoms with Gasteiger partial charge < -0.3 is 14.8 Å². The smallest absolute Gasteiger partial charge is 0.349 e. The van der Waals surface area contributed by atoms with Crippen LogP contribution in [0.15, 0.2) is 33.5 Å². The highest BCUT2D eigenvalue weighted by molar-refractivity contribution is 5.99. The molecule has 0 aliphatic carbocycles. The highest BCUT2D eigenvalue weighted by atomic mass is 16.4. The monoisotopic (exact) mass is 275 g/mol. The molecule has 1 unspecified atom stereocenters. The van der Waals surface area contributed by atoms with Crippen LogP contribution in [0, 0.1) is 6.92 Å². The van der Waals surface area contributed by atoms with Crippen LogP contribution in [-0.2, 0) is 0 Å². The summed E-state index contributed by atoms with van der Waals surface area (Å²) in [5.41, 5.74) is 0.451. The van der Waals surface area contributed by atoms with Crippen molar-refractivity contribution in [2.75, 3.05) is 6.54 Å². The molecule has 0 radical (unpaired) electrons. The third-order valence-corrected chi connectivity index (χ3v) is 3.15. The largest absolute Gasteiger partial charge is 0.422 e. The molecular formula is C15H17NO4. The molecule has 5 nitrogen and oxygen atoms in total. The van der Waals surface area contributed by atoms with Crippen molar-refractivity contribution in [3.05, 3.63) is 45.8 Å². The van der Waals surface area contributed by atoms with Gasteiger partial charge in [0.2, 0.25) is 0 Å². The number of aryl methyl sites for hydroxylation is 1. The first-order chi connectivity index (χ1) is 9.50. The Hall–Kier alpha value is -2.14. The van der Waals surface area contributed by atoms with Crippen LogP contribution in [0.5, 0.6) is 0 Å². The van der Waals surface area contributed by atoms with E-state index in [0.717, 1.165) is 5.39 Å². The Morgan fingerprint density at radius 2 is 2.10 bits per heavy atom. The summed E-state index contributed by atoms with van der Waals surface area (Å²) >= 11 is 0. The van der Waals surface area contributed by atoms with Gasteiger partial charge in [-0.15, -0.1) is 0 Å². The SMILES string of the molecule is Cc1c(C(=O)NCCC(C)O)c(=O)oc2ccccc12. The predicted molar refractivity (Wildman–Crippen MR) is 75.9 cm³/mol. The van der Waals surface area contributed by atoms with Gasteiger partial charge in [0.1, 0.15) is 11.1 Å². The normalized spacial score (nSPS) is 12.3. The highest BCUT2D eigenvalue weighted by Gasteiger charge is 2.17. The first-order valence-electron chi connectivity index (χ1n) is 6.49. The molecule has 0 saturated carbocycles. The second kappa shape index (κ2) is 5.88. The molecule has 0 fully saturated rings. The summed E-state index contributed by atoms with van der Waals surface area (Å²) < 4.78 is 5.16. The Kier molecular flexibility index (Phi) is 4.20. The number of benzene rings is 1. The molecule has 5 heteroatoms. The molecule has 2 rings (SSSR count). The van der Waals surface area contributed by atoms with E-state index in [4.69, 9.17) is 9.52 Å². The van der Waals surface area contributed by atoms with Gasteiger partial charge in [-0.25, -0.2) is 4.79 Å². The van der Waals surface area contributed by atoms with Crippen molar-refractivity contribution in [1.29, 1.82) is 0 Å². The van der Waals surface area contributed by atoms with Crippen LogP contribution in [0.1, 0.15) is 29.3 Å². The Balaban J connectivity index is 2.34. The second-order valence-corrected chi connectivity index (χ2v) is 4.78. The standard InChI is InChI=1S/C15H17NO4/c1-9(17)7-8-16-14(18)13-10(2)11-5-3-4-6-12(11)20-15(13)19/h3-6,9,17H,7-8H2,1-2H3,(H,16,18). The lowest BCUT2D eigenvalue weighted by molar-refractivity contribution is 0.0941. The zero-order valence-electron chi connectivity index (χ0n) is 11.5. The first kappa shape index (κ1) is 14.3. The average Bonchev–Trinajstić information content (AvgIpc) is 2.38. The Bertz CT molecular complexity index is 688. The van der Waals surface area contributed by atoms with Crippen molar-refractivity contribution in [1.82, 2.24) is 5.32 Å². The maximum absolute atomic E-state index is 12.1. The van der Waals surface area contributed by atoms with E-state index in [1.807, 2.05) is 6.07 Å². The summed E-state index contributed by atoms with van der Waals surface area (Å²) in [6, 6.07) is 7.09. The fourth-order valence-corrected chi connectivity index (χ4v) is 2.05. The molecule has 0 aliphatic heterocycles. The minimum atomic E-state index is -0.643. The molecule has 20 heavy (non-hydrogen) atoms. The summed E-state index contributed by atoms with van der Waals surface area (Å²) in [4.78, 5) is 24.0. The van der Waals surface area contributed by atoms with Gasteiger partial charge in [-0.3, -0.25) is 4.79 Å². The van der Waals surface area contributed by atoms with Crippen LogP contribution in [0.4, 0.5) is 0 Å². The van der Waals surface area contributed by atoms with Gasteiger partial charge in [0, 0.05) is 11.9 Å². The molecule has 1 heterocycles. The Morgan fingerprint density at radius 1 is 1.40 bits per heavy atom. The van der Waals surface area contributed by atoms with Crippen molar-refractivity contribution in [2.45, 2.75) is 26.4 Å². The van der Waals surface area contributed by atoms with E-state index >= 15 is 0 Å². The lowest BCUT2D eigenvalue weighted by Gasteiger charge is -2.09. The van der Waals surface area contributed by atoms with Crippen LogP contribution in [0.3, 0.4) is 0 Å². The summed E-state index contributed by atoms with van der Waals surface area (Å²) in [6.07, 6.45) is -0.0617. The van der Waals surface area contributed by atoms with Gasteiger partial charge in [-0.2, -0.15) is 0 Å². The van der Waals surface area contributed by atoms with Crippen molar-refractivity contribution in [3.63, 3.8) is 0 Å². The maximum Gasteiger partial charge on any atom is 0.349 e. The van der Waals surface area contributed by atoms with E-state index in [0.29, 0.717) is 24.1 Å². The fourth-order valence-electron chi connectivity index (χ4n) is 2.05. The van der Waals surface area contributed by atoms with Gasteiger partial charge in [0.25, 0.3) is 5.91 Å². The minimum Gasteiger partial charge on any atom is -0.422 e. The average molecular weight is 275 g/mol. The zero-order chi connectivity index (χ0) is 14.7. The predicted octanol–water partition coefficient (Wildman–Crippen LogP) is 1.60. The van der Waals surface area contributed by atoms with E-state index in [9.17, 15) is 9.59 Å². The van der Waals surface area contributed by atoms with Crippen LogP contribution in [0.2, 0.25) is 0 Å². The number of aliphatic hydroxyl groups excluding tert-OH is 1. The molecule has 1 atom stereocenters. The first-order valence-corrected chi connectivity index (χ1v) is 6.49. The van der Waals surface area contributed by atoms with Crippen LogP contribution >= 0.6 is 0 Å².